The molecule has 0 spiro atoms. The van der Waals surface area contributed by atoms with Crippen molar-refractivity contribution in [1.29, 1.82) is 0 Å². The van der Waals surface area contributed by atoms with Crippen molar-refractivity contribution in [3.05, 3.63) is 68.5 Å². The maximum atomic E-state index is 13.0. The van der Waals surface area contributed by atoms with E-state index in [1.807, 2.05) is 49.4 Å². The lowest BCUT2D eigenvalue weighted by molar-refractivity contribution is -0.110. The Bertz CT molecular complexity index is 1280. The van der Waals surface area contributed by atoms with Gasteiger partial charge in [0.15, 0.2) is 4.96 Å². The summed E-state index contributed by atoms with van der Waals surface area (Å²) >= 11 is 1.26. The van der Waals surface area contributed by atoms with Crippen molar-refractivity contribution in [2.75, 3.05) is 5.32 Å². The van der Waals surface area contributed by atoms with Gasteiger partial charge in [0, 0.05) is 11.3 Å². The molecule has 0 saturated carbocycles. The zero-order valence-electron chi connectivity index (χ0n) is 12.7. The lowest BCUT2D eigenvalue weighted by Crippen LogP contribution is -2.27. The number of carbonyl (C=O) groups excluding carboxylic acids is 1. The number of nitrogens with zero attached hydrogens (tertiary/aromatic N) is 2. The quantitative estimate of drug-likeness (QED) is 0.536. The highest BCUT2D eigenvalue weighted by Gasteiger charge is 2.27. The molecule has 1 amide bonds. The molecule has 0 atom stereocenters. The number of imidazole rings is 1. The Morgan fingerprint density at radius 2 is 1.96 bits per heavy atom. The summed E-state index contributed by atoms with van der Waals surface area (Å²) in [6, 6.07) is 13.3. The first kappa shape index (κ1) is 13.4. The zero-order chi connectivity index (χ0) is 16.4. The molecule has 2 aromatic heterocycles. The molecule has 1 aliphatic rings. The minimum Gasteiger partial charge on any atom is -0.321 e. The van der Waals surface area contributed by atoms with Crippen molar-refractivity contribution < 1.29 is 4.79 Å². The molecule has 4 aromatic rings. The summed E-state index contributed by atoms with van der Waals surface area (Å²) in [5, 5.41) is 2.84. The van der Waals surface area contributed by atoms with E-state index in [2.05, 4.69) is 10.3 Å². The van der Waals surface area contributed by atoms with Gasteiger partial charge in [-0.25, -0.2) is 9.38 Å². The molecule has 6 heteroatoms. The number of benzene rings is 2. The van der Waals surface area contributed by atoms with E-state index in [9.17, 15) is 9.59 Å². The van der Waals surface area contributed by atoms with Gasteiger partial charge in [0.2, 0.25) is 0 Å². The van der Waals surface area contributed by atoms with Gasteiger partial charge in [0.1, 0.15) is 4.53 Å². The van der Waals surface area contributed by atoms with E-state index in [1.165, 1.54) is 11.3 Å². The van der Waals surface area contributed by atoms with Gasteiger partial charge in [0.05, 0.1) is 16.6 Å². The molecule has 3 heterocycles. The monoisotopic (exact) mass is 333 g/mol. The molecule has 0 unspecified atom stereocenters. The highest BCUT2D eigenvalue weighted by atomic mass is 32.1. The normalized spacial score (nSPS) is 16.0. The van der Waals surface area contributed by atoms with Crippen molar-refractivity contribution >= 4 is 44.5 Å². The molecule has 5 rings (SSSR count). The average molecular weight is 333 g/mol. The summed E-state index contributed by atoms with van der Waals surface area (Å²) in [4.78, 5) is 30.5. The van der Waals surface area contributed by atoms with Crippen LogP contribution in [0.15, 0.2) is 47.3 Å². The minimum absolute atomic E-state index is 0.191. The Morgan fingerprint density at radius 1 is 1.12 bits per heavy atom. The number of hydrogen-bond donors (Lipinski definition) is 1. The predicted molar refractivity (Wildman–Crippen MR) is 94.4 cm³/mol. The number of nitrogens with one attached hydrogen (secondary N) is 1. The number of fused-ring (bicyclic) bond motifs is 4. The highest BCUT2D eigenvalue weighted by Crippen LogP contribution is 2.31. The second kappa shape index (κ2) is 4.52. The third kappa shape index (κ3) is 1.66. The average Bonchev–Trinajstić information content (AvgIpc) is 3.17. The molecule has 1 N–H and O–H groups in total. The van der Waals surface area contributed by atoms with Crippen LogP contribution < -0.4 is 15.4 Å². The molecule has 0 fully saturated rings. The van der Waals surface area contributed by atoms with Gasteiger partial charge in [0.25, 0.3) is 11.5 Å². The maximum absolute atomic E-state index is 13.0. The van der Waals surface area contributed by atoms with Crippen molar-refractivity contribution in [2.45, 2.75) is 6.92 Å². The van der Waals surface area contributed by atoms with Crippen LogP contribution in [0, 0.1) is 6.92 Å². The van der Waals surface area contributed by atoms with Gasteiger partial charge >= 0.3 is 0 Å². The van der Waals surface area contributed by atoms with E-state index >= 15 is 0 Å². The Kier molecular flexibility index (Phi) is 2.53. The zero-order valence-corrected chi connectivity index (χ0v) is 13.5. The highest BCUT2D eigenvalue weighted by molar-refractivity contribution is 7.15. The molecule has 116 valence electrons. The summed E-state index contributed by atoms with van der Waals surface area (Å²) in [7, 11) is 0. The van der Waals surface area contributed by atoms with Gasteiger partial charge in [-0.05, 0) is 31.2 Å². The van der Waals surface area contributed by atoms with Crippen molar-refractivity contribution in [3.8, 4) is 0 Å². The Morgan fingerprint density at radius 3 is 2.83 bits per heavy atom. The molecule has 0 radical (unpaired) electrons. The molecule has 0 saturated heterocycles. The molecular weight excluding hydrogens is 322 g/mol. The fourth-order valence-corrected chi connectivity index (χ4v) is 4.25. The SMILES string of the molecule is Cc1ccc2c(c1)C(=c1sc3nc4ccccc4n3c1=O)C(=O)N2. The minimum atomic E-state index is -0.235. The Balaban J connectivity index is 1.95. The van der Waals surface area contributed by atoms with Gasteiger partial charge in [-0.3, -0.25) is 9.59 Å². The molecule has 5 nitrogen and oxygen atoms in total. The smallest absolute Gasteiger partial charge is 0.275 e. The number of aryl methyl sites for hydroxylation is 1. The topological polar surface area (TPSA) is 63.5 Å². The van der Waals surface area contributed by atoms with Crippen LogP contribution in [-0.4, -0.2) is 15.3 Å². The van der Waals surface area contributed by atoms with Crippen LogP contribution in [-0.2, 0) is 4.79 Å². The second-order valence-corrected chi connectivity index (χ2v) is 6.81. The van der Waals surface area contributed by atoms with Crippen LogP contribution in [0.5, 0.6) is 0 Å². The van der Waals surface area contributed by atoms with Gasteiger partial charge in [-0.2, -0.15) is 0 Å². The Hall–Kier alpha value is -2.99. The van der Waals surface area contributed by atoms with Crippen molar-refractivity contribution in [2.24, 2.45) is 0 Å². The summed E-state index contributed by atoms with van der Waals surface area (Å²) in [5.41, 5.74) is 4.37. The summed E-state index contributed by atoms with van der Waals surface area (Å²) < 4.78 is 2.02. The van der Waals surface area contributed by atoms with Crippen LogP contribution in [0.1, 0.15) is 11.1 Å². The number of rotatable bonds is 0. The molecule has 24 heavy (non-hydrogen) atoms. The third-order valence-electron chi connectivity index (χ3n) is 4.27. The first-order valence-electron chi connectivity index (χ1n) is 7.50. The predicted octanol–water partition coefficient (Wildman–Crippen LogP) is 2.09. The van der Waals surface area contributed by atoms with Crippen LogP contribution >= 0.6 is 11.3 Å². The van der Waals surface area contributed by atoms with E-state index in [0.717, 1.165) is 27.8 Å². The Labute approximate surface area is 139 Å². The van der Waals surface area contributed by atoms with Crippen LogP contribution in [0.25, 0.3) is 21.6 Å². The van der Waals surface area contributed by atoms with Gasteiger partial charge in [-0.1, -0.05) is 35.1 Å². The number of para-hydroxylation sites is 2. The van der Waals surface area contributed by atoms with Crippen LogP contribution in [0.3, 0.4) is 0 Å². The standard InChI is InChI=1S/C18H11N3O2S/c1-9-6-7-11-10(8-9)14(16(22)19-11)15-17(23)21-13-5-3-2-4-12(13)20-18(21)24-15/h2-8H,1H3,(H,19,22). The number of amides is 1. The molecule has 0 bridgehead atoms. The second-order valence-electron chi connectivity index (χ2n) is 5.83. The fourth-order valence-electron chi connectivity index (χ4n) is 3.17. The van der Waals surface area contributed by atoms with Gasteiger partial charge < -0.3 is 5.32 Å². The number of hydrogen-bond acceptors (Lipinski definition) is 4. The number of thiazole rings is 1. The molecular formula is C18H11N3O2S. The molecule has 0 aliphatic carbocycles. The third-order valence-corrected chi connectivity index (χ3v) is 5.31. The van der Waals surface area contributed by atoms with E-state index in [4.69, 9.17) is 0 Å². The lowest BCUT2D eigenvalue weighted by Gasteiger charge is -1.98. The first-order valence-corrected chi connectivity index (χ1v) is 8.32. The summed E-state index contributed by atoms with van der Waals surface area (Å²) in [6.07, 6.45) is 0. The molecule has 1 aliphatic heterocycles. The van der Waals surface area contributed by atoms with E-state index < -0.39 is 0 Å². The fraction of sp³-hybridized carbons (Fsp3) is 0.0556. The van der Waals surface area contributed by atoms with Crippen LogP contribution in [0.2, 0.25) is 0 Å². The molecule has 2 aromatic carbocycles. The van der Waals surface area contributed by atoms with Gasteiger partial charge in [-0.15, -0.1) is 0 Å². The largest absolute Gasteiger partial charge is 0.321 e. The number of anilines is 1. The number of aromatic nitrogens is 2. The first-order chi connectivity index (χ1) is 11.6. The lowest BCUT2D eigenvalue weighted by atomic mass is 10.1. The van der Waals surface area contributed by atoms with E-state index in [-0.39, 0.29) is 11.5 Å². The summed E-state index contributed by atoms with van der Waals surface area (Å²) in [5.74, 6) is -0.235. The number of carbonyl (C=O) groups is 1. The van der Waals surface area contributed by atoms with Crippen molar-refractivity contribution in [3.63, 3.8) is 0 Å². The van der Waals surface area contributed by atoms with E-state index in [0.29, 0.717) is 15.1 Å². The van der Waals surface area contributed by atoms with Crippen LogP contribution in [0.4, 0.5) is 5.69 Å². The van der Waals surface area contributed by atoms with E-state index in [1.54, 1.807) is 4.40 Å². The maximum Gasteiger partial charge on any atom is 0.275 e. The summed E-state index contributed by atoms with van der Waals surface area (Å²) in [6.45, 7) is 1.97. The van der Waals surface area contributed by atoms with Crippen molar-refractivity contribution in [1.82, 2.24) is 9.38 Å².